The van der Waals surface area contributed by atoms with Gasteiger partial charge in [-0.2, -0.15) is 0 Å². The highest BCUT2D eigenvalue weighted by Crippen LogP contribution is 2.18. The summed E-state index contributed by atoms with van der Waals surface area (Å²) in [6, 6.07) is 12.0. The maximum atomic E-state index is 12.1. The molecular weight excluding hydrogens is 296 g/mol. The Morgan fingerprint density at radius 2 is 2.05 bits per heavy atom. The molecule has 0 amide bonds. The van der Waals surface area contributed by atoms with Gasteiger partial charge < -0.3 is 9.40 Å². The molecule has 4 nitrogen and oxygen atoms in total. The van der Waals surface area contributed by atoms with Crippen molar-refractivity contribution in [3.63, 3.8) is 0 Å². The predicted octanol–water partition coefficient (Wildman–Crippen LogP) is 3.55. The van der Waals surface area contributed by atoms with Gasteiger partial charge in [0.15, 0.2) is 5.16 Å². The topological polar surface area (TPSA) is 58.9 Å². The Hall–Kier alpha value is -2.27. The second kappa shape index (κ2) is 6.66. The number of benzene rings is 1. The van der Waals surface area contributed by atoms with Crippen LogP contribution >= 0.6 is 11.8 Å². The van der Waals surface area contributed by atoms with E-state index in [1.54, 1.807) is 12.5 Å². The van der Waals surface area contributed by atoms with Crippen LogP contribution in [0.25, 0.3) is 0 Å². The molecule has 3 rings (SSSR count). The largest absolute Gasteiger partial charge is 0.469 e. The van der Waals surface area contributed by atoms with Gasteiger partial charge in [-0.1, -0.05) is 41.6 Å². The van der Waals surface area contributed by atoms with E-state index in [1.807, 2.05) is 12.1 Å². The molecule has 0 atom stereocenters. The van der Waals surface area contributed by atoms with Crippen LogP contribution in [0.5, 0.6) is 0 Å². The molecule has 3 aromatic rings. The number of hydrogen-bond acceptors (Lipinski definition) is 4. The van der Waals surface area contributed by atoms with Gasteiger partial charge in [-0.25, -0.2) is 4.98 Å². The molecule has 0 bridgehead atoms. The number of hydrogen-bond donors (Lipinski definition) is 1. The second-order valence-electron chi connectivity index (χ2n) is 5.07. The Labute approximate surface area is 132 Å². The van der Waals surface area contributed by atoms with E-state index in [0.717, 1.165) is 11.5 Å². The Morgan fingerprint density at radius 3 is 2.73 bits per heavy atom. The summed E-state index contributed by atoms with van der Waals surface area (Å²) in [5.74, 6) is 1.54. The lowest BCUT2D eigenvalue weighted by Gasteiger charge is -2.03. The minimum atomic E-state index is -0.113. The molecule has 0 fully saturated rings. The Balaban J connectivity index is 1.66. The van der Waals surface area contributed by atoms with E-state index < -0.39 is 0 Å². The summed E-state index contributed by atoms with van der Waals surface area (Å²) in [4.78, 5) is 19.2. The molecule has 0 saturated carbocycles. The van der Waals surface area contributed by atoms with Crippen LogP contribution in [-0.2, 0) is 12.2 Å². The number of aryl methyl sites for hydroxylation is 1. The zero-order valence-corrected chi connectivity index (χ0v) is 13.0. The smallest absolute Gasteiger partial charge is 0.255 e. The van der Waals surface area contributed by atoms with Gasteiger partial charge in [-0.3, -0.25) is 4.79 Å². The molecule has 1 N–H and O–H groups in total. The molecule has 0 spiro atoms. The van der Waals surface area contributed by atoms with Crippen molar-refractivity contribution in [3.8, 4) is 0 Å². The summed E-state index contributed by atoms with van der Waals surface area (Å²) < 4.78 is 5.25. The Bertz CT molecular complexity index is 792. The van der Waals surface area contributed by atoms with Crippen molar-refractivity contribution in [2.75, 3.05) is 0 Å². The van der Waals surface area contributed by atoms with Gasteiger partial charge in [0.1, 0.15) is 5.76 Å². The molecule has 5 heteroatoms. The monoisotopic (exact) mass is 312 g/mol. The maximum absolute atomic E-state index is 12.1. The van der Waals surface area contributed by atoms with E-state index in [0.29, 0.717) is 17.1 Å². The number of H-pyrrole nitrogens is 1. The highest BCUT2D eigenvalue weighted by molar-refractivity contribution is 7.98. The van der Waals surface area contributed by atoms with Gasteiger partial charge in [0.05, 0.1) is 6.26 Å². The fourth-order valence-electron chi connectivity index (χ4n) is 2.04. The van der Waals surface area contributed by atoms with E-state index in [1.165, 1.54) is 22.9 Å². The molecule has 2 aromatic heterocycles. The van der Waals surface area contributed by atoms with Gasteiger partial charge in [0, 0.05) is 23.9 Å². The van der Waals surface area contributed by atoms with E-state index in [-0.39, 0.29) is 5.56 Å². The van der Waals surface area contributed by atoms with E-state index in [2.05, 4.69) is 41.2 Å². The highest BCUT2D eigenvalue weighted by Gasteiger charge is 2.06. The van der Waals surface area contributed by atoms with Crippen molar-refractivity contribution in [1.29, 1.82) is 0 Å². The van der Waals surface area contributed by atoms with Gasteiger partial charge in [0.2, 0.25) is 0 Å². The van der Waals surface area contributed by atoms with Crippen molar-refractivity contribution in [3.05, 3.63) is 81.7 Å². The van der Waals surface area contributed by atoms with Crippen LogP contribution < -0.4 is 5.56 Å². The van der Waals surface area contributed by atoms with Crippen LogP contribution in [0.15, 0.2) is 63.2 Å². The highest BCUT2D eigenvalue weighted by atomic mass is 32.2. The summed E-state index contributed by atoms with van der Waals surface area (Å²) in [6.45, 7) is 2.06. The van der Waals surface area contributed by atoms with Crippen LogP contribution in [0.2, 0.25) is 0 Å². The van der Waals surface area contributed by atoms with Gasteiger partial charge in [-0.15, -0.1) is 0 Å². The van der Waals surface area contributed by atoms with Crippen molar-refractivity contribution in [1.82, 2.24) is 9.97 Å². The van der Waals surface area contributed by atoms with E-state index in [9.17, 15) is 4.79 Å². The average Bonchev–Trinajstić information content (AvgIpc) is 3.02. The Morgan fingerprint density at radius 1 is 1.23 bits per heavy atom. The lowest BCUT2D eigenvalue weighted by atomic mass is 10.2. The molecule has 2 heterocycles. The predicted molar refractivity (Wildman–Crippen MR) is 87.1 cm³/mol. The summed E-state index contributed by atoms with van der Waals surface area (Å²) in [5, 5.41) is 0.633. The summed E-state index contributed by atoms with van der Waals surface area (Å²) in [5.41, 5.74) is 2.94. The first-order valence-electron chi connectivity index (χ1n) is 6.99. The number of furan rings is 1. The van der Waals surface area contributed by atoms with Crippen LogP contribution in [0.1, 0.15) is 22.5 Å². The number of aromatic amines is 1. The molecule has 0 aliphatic rings. The summed E-state index contributed by atoms with van der Waals surface area (Å²) in [7, 11) is 0. The van der Waals surface area contributed by atoms with Crippen molar-refractivity contribution >= 4 is 11.8 Å². The molecule has 0 saturated heterocycles. The molecule has 0 aliphatic heterocycles. The fourth-order valence-corrected chi connectivity index (χ4v) is 2.83. The summed E-state index contributed by atoms with van der Waals surface area (Å²) >= 11 is 1.52. The number of nitrogens with one attached hydrogen (secondary N) is 1. The quantitative estimate of drug-likeness (QED) is 0.578. The minimum Gasteiger partial charge on any atom is -0.469 e. The zero-order valence-electron chi connectivity index (χ0n) is 12.2. The van der Waals surface area contributed by atoms with Crippen molar-refractivity contribution in [2.24, 2.45) is 0 Å². The molecule has 0 radical (unpaired) electrons. The minimum absolute atomic E-state index is 0.113. The first-order chi connectivity index (χ1) is 10.7. The van der Waals surface area contributed by atoms with Gasteiger partial charge >= 0.3 is 0 Å². The number of aromatic nitrogens is 2. The molecule has 22 heavy (non-hydrogen) atoms. The lowest BCUT2D eigenvalue weighted by molar-refractivity contribution is 0.519. The average molecular weight is 312 g/mol. The third kappa shape index (κ3) is 3.68. The number of nitrogens with zero attached hydrogens (tertiary/aromatic N) is 1. The third-order valence-corrected chi connectivity index (χ3v) is 4.25. The van der Waals surface area contributed by atoms with E-state index in [4.69, 9.17) is 4.42 Å². The number of thioether (sulfide) groups is 1. The van der Waals surface area contributed by atoms with Gasteiger partial charge in [0.25, 0.3) is 5.56 Å². The first kappa shape index (κ1) is 14.7. The number of rotatable bonds is 5. The van der Waals surface area contributed by atoms with Crippen molar-refractivity contribution in [2.45, 2.75) is 24.3 Å². The SMILES string of the molecule is Cc1ccc(CSc2ncc(Cc3ccco3)c(=O)[nH]2)cc1. The first-order valence-corrected chi connectivity index (χ1v) is 7.98. The fraction of sp³-hybridized carbons (Fsp3) is 0.176. The maximum Gasteiger partial charge on any atom is 0.255 e. The molecular formula is C17H16N2O2S. The zero-order chi connectivity index (χ0) is 15.4. The van der Waals surface area contributed by atoms with Crippen LogP contribution in [0.3, 0.4) is 0 Å². The van der Waals surface area contributed by atoms with Gasteiger partial charge in [-0.05, 0) is 24.6 Å². The van der Waals surface area contributed by atoms with E-state index >= 15 is 0 Å². The van der Waals surface area contributed by atoms with Crippen LogP contribution in [-0.4, -0.2) is 9.97 Å². The molecule has 0 unspecified atom stereocenters. The Kier molecular flexibility index (Phi) is 4.44. The lowest BCUT2D eigenvalue weighted by Crippen LogP contribution is -2.14. The normalized spacial score (nSPS) is 10.8. The third-order valence-electron chi connectivity index (χ3n) is 3.29. The van der Waals surface area contributed by atoms with Crippen LogP contribution in [0.4, 0.5) is 0 Å². The molecule has 1 aromatic carbocycles. The van der Waals surface area contributed by atoms with Crippen molar-refractivity contribution < 1.29 is 4.42 Å². The second-order valence-corrected chi connectivity index (χ2v) is 6.04. The van der Waals surface area contributed by atoms with Crippen LogP contribution in [0, 0.1) is 6.92 Å². The molecule has 0 aliphatic carbocycles. The summed E-state index contributed by atoms with van der Waals surface area (Å²) in [6.07, 6.45) is 3.68. The molecule has 112 valence electrons. The standard InChI is InChI=1S/C17H16N2O2S/c1-12-4-6-13(7-5-12)11-22-17-18-10-14(16(20)19-17)9-15-3-2-8-21-15/h2-8,10H,9,11H2,1H3,(H,18,19,20).